The van der Waals surface area contributed by atoms with Gasteiger partial charge in [-0.1, -0.05) is 18.2 Å². The Morgan fingerprint density at radius 3 is 2.60 bits per heavy atom. The fourth-order valence-corrected chi connectivity index (χ4v) is 3.66. The third-order valence-corrected chi connectivity index (χ3v) is 5.58. The van der Waals surface area contributed by atoms with Crippen molar-refractivity contribution in [1.82, 2.24) is 0 Å². The Kier molecular flexibility index (Phi) is 4.74. The van der Waals surface area contributed by atoms with Gasteiger partial charge in [0.1, 0.15) is 28.5 Å². The monoisotopic (exact) mass is 406 g/mol. The smallest absolute Gasteiger partial charge is 0.189 e. The van der Waals surface area contributed by atoms with Crippen LogP contribution in [0, 0.1) is 0 Å². The molecule has 2 aliphatic heterocycles. The van der Waals surface area contributed by atoms with Gasteiger partial charge >= 0.3 is 0 Å². The summed E-state index contributed by atoms with van der Waals surface area (Å²) >= 11 is 0. The highest BCUT2D eigenvalue weighted by molar-refractivity contribution is 6.09. The zero-order chi connectivity index (χ0) is 21.7. The SMILES string of the molecule is CC1(C)C=Cc2cc(C=CC(=O)c3ccc4c(c3O)CC(O)C(C)(C)O4)ccc2O1. The van der Waals surface area contributed by atoms with Gasteiger partial charge in [-0.15, -0.1) is 0 Å². The van der Waals surface area contributed by atoms with Gasteiger partial charge in [0.15, 0.2) is 5.78 Å². The van der Waals surface area contributed by atoms with E-state index in [-0.39, 0.29) is 29.1 Å². The number of ketones is 1. The molecule has 0 spiro atoms. The van der Waals surface area contributed by atoms with Crippen LogP contribution in [0.15, 0.2) is 42.5 Å². The molecule has 0 fully saturated rings. The van der Waals surface area contributed by atoms with Crippen molar-refractivity contribution in [3.63, 3.8) is 0 Å². The maximum atomic E-state index is 12.7. The molecule has 0 amide bonds. The largest absolute Gasteiger partial charge is 0.507 e. The maximum Gasteiger partial charge on any atom is 0.189 e. The first-order chi connectivity index (χ1) is 14.1. The van der Waals surface area contributed by atoms with Crippen LogP contribution in [0.5, 0.6) is 17.2 Å². The average Bonchev–Trinajstić information content (AvgIpc) is 2.67. The van der Waals surface area contributed by atoms with Crippen molar-refractivity contribution in [2.24, 2.45) is 0 Å². The molecule has 156 valence electrons. The molecule has 2 aromatic carbocycles. The molecule has 4 rings (SSSR count). The van der Waals surface area contributed by atoms with E-state index in [1.807, 2.05) is 44.2 Å². The minimum Gasteiger partial charge on any atom is -0.507 e. The van der Waals surface area contributed by atoms with Crippen molar-refractivity contribution in [2.75, 3.05) is 0 Å². The molecule has 0 saturated heterocycles. The van der Waals surface area contributed by atoms with Gasteiger partial charge in [-0.05, 0) is 69.7 Å². The highest BCUT2D eigenvalue weighted by Crippen LogP contribution is 2.40. The summed E-state index contributed by atoms with van der Waals surface area (Å²) in [7, 11) is 0. The minimum absolute atomic E-state index is 0.138. The van der Waals surface area contributed by atoms with E-state index in [1.54, 1.807) is 32.1 Å². The number of carbonyl (C=O) groups excluding carboxylic acids is 1. The standard InChI is InChI=1S/C25H26O5/c1-24(2)12-11-16-13-15(6-9-20(16)29-24)5-8-19(26)17-7-10-21-18(23(17)28)14-22(27)25(3,4)30-21/h5-13,22,27-28H,14H2,1-4H3. The van der Waals surface area contributed by atoms with Crippen LogP contribution >= 0.6 is 0 Å². The summed E-state index contributed by atoms with van der Waals surface area (Å²) in [4.78, 5) is 12.7. The lowest BCUT2D eigenvalue weighted by molar-refractivity contribution is -0.0417. The quantitative estimate of drug-likeness (QED) is 0.578. The van der Waals surface area contributed by atoms with Crippen LogP contribution in [-0.2, 0) is 6.42 Å². The number of aliphatic hydroxyl groups is 1. The normalized spacial score (nSPS) is 20.8. The molecule has 5 nitrogen and oxygen atoms in total. The third kappa shape index (κ3) is 3.73. The van der Waals surface area contributed by atoms with Crippen LogP contribution < -0.4 is 9.47 Å². The van der Waals surface area contributed by atoms with E-state index in [0.717, 1.165) is 16.9 Å². The lowest BCUT2D eigenvalue weighted by atomic mass is 9.89. The van der Waals surface area contributed by atoms with E-state index >= 15 is 0 Å². The average molecular weight is 406 g/mol. The maximum absolute atomic E-state index is 12.7. The number of phenolic OH excluding ortho intramolecular Hbond substituents is 1. The van der Waals surface area contributed by atoms with E-state index in [0.29, 0.717) is 11.3 Å². The van der Waals surface area contributed by atoms with E-state index in [9.17, 15) is 15.0 Å². The molecule has 2 N–H and O–H groups in total. The molecule has 1 unspecified atom stereocenters. The Morgan fingerprint density at radius 1 is 1.10 bits per heavy atom. The van der Waals surface area contributed by atoms with Crippen LogP contribution in [-0.4, -0.2) is 33.3 Å². The molecule has 30 heavy (non-hydrogen) atoms. The summed E-state index contributed by atoms with van der Waals surface area (Å²) in [5.41, 5.74) is 1.37. The Balaban J connectivity index is 1.57. The van der Waals surface area contributed by atoms with Crippen molar-refractivity contribution < 1.29 is 24.5 Å². The topological polar surface area (TPSA) is 76.0 Å². The molecule has 2 heterocycles. The molecule has 2 aromatic rings. The second-order valence-electron chi connectivity index (χ2n) is 8.90. The number of rotatable bonds is 3. The molecular weight excluding hydrogens is 380 g/mol. The van der Waals surface area contributed by atoms with Gasteiger partial charge in [-0.2, -0.15) is 0 Å². The number of aliphatic hydroxyl groups excluding tert-OH is 1. The van der Waals surface area contributed by atoms with Gasteiger partial charge in [0.25, 0.3) is 0 Å². The molecule has 0 aliphatic carbocycles. The van der Waals surface area contributed by atoms with Gasteiger partial charge < -0.3 is 19.7 Å². The molecule has 2 aliphatic rings. The van der Waals surface area contributed by atoms with E-state index in [4.69, 9.17) is 9.47 Å². The first-order valence-corrected chi connectivity index (χ1v) is 10.0. The number of carbonyl (C=O) groups is 1. The van der Waals surface area contributed by atoms with Gasteiger partial charge in [-0.3, -0.25) is 4.79 Å². The van der Waals surface area contributed by atoms with Crippen LogP contribution in [0.25, 0.3) is 12.2 Å². The van der Waals surface area contributed by atoms with E-state index in [1.165, 1.54) is 6.08 Å². The molecule has 0 aromatic heterocycles. The molecule has 0 radical (unpaired) electrons. The van der Waals surface area contributed by atoms with Crippen molar-refractivity contribution in [3.8, 4) is 17.2 Å². The number of hydrogen-bond acceptors (Lipinski definition) is 5. The van der Waals surface area contributed by atoms with Gasteiger partial charge in [-0.25, -0.2) is 0 Å². The molecule has 1 atom stereocenters. The highest BCUT2D eigenvalue weighted by atomic mass is 16.5. The van der Waals surface area contributed by atoms with Gasteiger partial charge in [0.05, 0.1) is 11.7 Å². The number of benzene rings is 2. The number of hydrogen-bond donors (Lipinski definition) is 2. The molecular formula is C25H26O5. The second-order valence-corrected chi connectivity index (χ2v) is 8.90. The van der Waals surface area contributed by atoms with Crippen molar-refractivity contribution >= 4 is 17.9 Å². The van der Waals surface area contributed by atoms with Crippen LogP contribution in [0.3, 0.4) is 0 Å². The summed E-state index contributed by atoms with van der Waals surface area (Å²) in [6.07, 6.45) is 6.62. The zero-order valence-electron chi connectivity index (χ0n) is 17.6. The van der Waals surface area contributed by atoms with Crippen LogP contribution in [0.2, 0.25) is 0 Å². The zero-order valence-corrected chi connectivity index (χ0v) is 17.6. The summed E-state index contributed by atoms with van der Waals surface area (Å²) in [6, 6.07) is 8.95. The lowest BCUT2D eigenvalue weighted by Gasteiger charge is -2.37. The van der Waals surface area contributed by atoms with E-state index in [2.05, 4.69) is 0 Å². The van der Waals surface area contributed by atoms with Gasteiger partial charge in [0, 0.05) is 17.5 Å². The van der Waals surface area contributed by atoms with Crippen molar-refractivity contribution in [3.05, 3.63) is 64.7 Å². The van der Waals surface area contributed by atoms with Crippen molar-refractivity contribution in [2.45, 2.75) is 51.4 Å². The predicted octanol–water partition coefficient (Wildman–Crippen LogP) is 4.55. The van der Waals surface area contributed by atoms with E-state index < -0.39 is 11.7 Å². The lowest BCUT2D eigenvalue weighted by Crippen LogP contribution is -2.46. The summed E-state index contributed by atoms with van der Waals surface area (Å²) < 4.78 is 11.7. The summed E-state index contributed by atoms with van der Waals surface area (Å²) in [5.74, 6) is 0.841. The Labute approximate surface area is 176 Å². The third-order valence-electron chi connectivity index (χ3n) is 5.58. The van der Waals surface area contributed by atoms with Gasteiger partial charge in [0.2, 0.25) is 0 Å². The first-order valence-electron chi connectivity index (χ1n) is 10.0. The minimum atomic E-state index is -0.771. The highest BCUT2D eigenvalue weighted by Gasteiger charge is 2.37. The number of fused-ring (bicyclic) bond motifs is 2. The number of phenols is 1. The molecule has 0 bridgehead atoms. The number of ether oxygens (including phenoxy) is 2. The number of allylic oxidation sites excluding steroid dienone is 1. The van der Waals surface area contributed by atoms with Crippen LogP contribution in [0.4, 0.5) is 0 Å². The van der Waals surface area contributed by atoms with Crippen LogP contribution in [0.1, 0.15) is 54.7 Å². The second kappa shape index (κ2) is 7.03. The Morgan fingerprint density at radius 2 is 1.83 bits per heavy atom. The first kappa shape index (κ1) is 20.2. The Bertz CT molecular complexity index is 1080. The Hall–Kier alpha value is -3.05. The fraction of sp³-hybridized carbons (Fsp3) is 0.320. The fourth-order valence-electron chi connectivity index (χ4n) is 3.66. The predicted molar refractivity (Wildman–Crippen MR) is 116 cm³/mol. The van der Waals surface area contributed by atoms with Crippen molar-refractivity contribution in [1.29, 1.82) is 0 Å². The summed E-state index contributed by atoms with van der Waals surface area (Å²) in [5, 5.41) is 20.9. The number of aromatic hydroxyl groups is 1. The summed E-state index contributed by atoms with van der Waals surface area (Å²) in [6.45, 7) is 7.57. The molecule has 5 heteroatoms. The molecule has 0 saturated carbocycles.